The SMILES string of the molecule is CCCOCc1nc(O)c(-c2ccccc2C)c(=O)[nH]1. The van der Waals surface area contributed by atoms with Crippen molar-refractivity contribution in [3.05, 3.63) is 46.0 Å². The summed E-state index contributed by atoms with van der Waals surface area (Å²) in [5, 5.41) is 10.0. The number of nitrogens with zero attached hydrogens (tertiary/aromatic N) is 1. The number of aromatic hydroxyl groups is 1. The molecular formula is C15H18N2O3. The van der Waals surface area contributed by atoms with Crippen LogP contribution in [-0.2, 0) is 11.3 Å². The van der Waals surface area contributed by atoms with E-state index in [4.69, 9.17) is 4.74 Å². The van der Waals surface area contributed by atoms with Crippen LogP contribution in [0.15, 0.2) is 29.1 Å². The van der Waals surface area contributed by atoms with Crippen molar-refractivity contribution in [2.24, 2.45) is 0 Å². The fraction of sp³-hybridized carbons (Fsp3) is 0.333. The van der Waals surface area contributed by atoms with Gasteiger partial charge in [-0.3, -0.25) is 4.79 Å². The van der Waals surface area contributed by atoms with Crippen LogP contribution in [0.2, 0.25) is 0 Å². The van der Waals surface area contributed by atoms with Gasteiger partial charge in [-0.25, -0.2) is 0 Å². The van der Waals surface area contributed by atoms with Crippen LogP contribution < -0.4 is 5.56 Å². The molecule has 1 aromatic carbocycles. The van der Waals surface area contributed by atoms with Gasteiger partial charge in [0.15, 0.2) is 0 Å². The second kappa shape index (κ2) is 6.34. The average Bonchev–Trinajstić information content (AvgIpc) is 2.40. The summed E-state index contributed by atoms with van der Waals surface area (Å²) in [5.74, 6) is 0.0661. The maximum absolute atomic E-state index is 12.1. The highest BCUT2D eigenvalue weighted by Crippen LogP contribution is 2.26. The molecular weight excluding hydrogens is 256 g/mol. The van der Waals surface area contributed by atoms with Crippen molar-refractivity contribution >= 4 is 0 Å². The van der Waals surface area contributed by atoms with E-state index in [2.05, 4.69) is 9.97 Å². The number of hydrogen-bond acceptors (Lipinski definition) is 4. The third-order valence-electron chi connectivity index (χ3n) is 2.95. The number of aromatic amines is 1. The van der Waals surface area contributed by atoms with Crippen molar-refractivity contribution in [2.75, 3.05) is 6.61 Å². The Bertz CT molecular complexity index is 650. The van der Waals surface area contributed by atoms with Gasteiger partial charge in [-0.1, -0.05) is 31.2 Å². The lowest BCUT2D eigenvalue weighted by Crippen LogP contribution is -2.15. The summed E-state index contributed by atoms with van der Waals surface area (Å²) >= 11 is 0. The van der Waals surface area contributed by atoms with Gasteiger partial charge in [0.2, 0.25) is 5.88 Å². The molecule has 0 spiro atoms. The first-order chi connectivity index (χ1) is 9.63. The van der Waals surface area contributed by atoms with E-state index < -0.39 is 0 Å². The molecule has 106 valence electrons. The van der Waals surface area contributed by atoms with E-state index in [1.54, 1.807) is 6.07 Å². The van der Waals surface area contributed by atoms with Gasteiger partial charge in [-0.05, 0) is 24.5 Å². The molecule has 0 aliphatic rings. The molecule has 0 amide bonds. The Morgan fingerprint density at radius 2 is 2.10 bits per heavy atom. The molecule has 0 bridgehead atoms. The number of aromatic nitrogens is 2. The van der Waals surface area contributed by atoms with Crippen molar-refractivity contribution in [3.8, 4) is 17.0 Å². The van der Waals surface area contributed by atoms with Crippen molar-refractivity contribution in [1.29, 1.82) is 0 Å². The van der Waals surface area contributed by atoms with Crippen LogP contribution in [0.1, 0.15) is 24.7 Å². The molecule has 0 unspecified atom stereocenters. The molecule has 2 aromatic rings. The Labute approximate surface area is 117 Å². The van der Waals surface area contributed by atoms with Crippen LogP contribution in [0, 0.1) is 6.92 Å². The first kappa shape index (κ1) is 14.3. The molecule has 5 heteroatoms. The second-order valence-corrected chi connectivity index (χ2v) is 4.58. The first-order valence-corrected chi connectivity index (χ1v) is 6.59. The summed E-state index contributed by atoms with van der Waals surface area (Å²) in [6.07, 6.45) is 0.886. The van der Waals surface area contributed by atoms with E-state index in [0.29, 0.717) is 18.0 Å². The number of benzene rings is 1. The third kappa shape index (κ3) is 3.05. The van der Waals surface area contributed by atoms with Crippen LogP contribution >= 0.6 is 0 Å². The summed E-state index contributed by atoms with van der Waals surface area (Å²) < 4.78 is 5.30. The van der Waals surface area contributed by atoms with E-state index in [0.717, 1.165) is 12.0 Å². The van der Waals surface area contributed by atoms with Gasteiger partial charge < -0.3 is 14.8 Å². The zero-order chi connectivity index (χ0) is 14.5. The zero-order valence-corrected chi connectivity index (χ0v) is 11.6. The first-order valence-electron chi connectivity index (χ1n) is 6.59. The molecule has 20 heavy (non-hydrogen) atoms. The van der Waals surface area contributed by atoms with E-state index in [9.17, 15) is 9.90 Å². The lowest BCUT2D eigenvalue weighted by molar-refractivity contribution is 0.115. The highest BCUT2D eigenvalue weighted by Gasteiger charge is 2.14. The third-order valence-corrected chi connectivity index (χ3v) is 2.95. The predicted molar refractivity (Wildman–Crippen MR) is 76.6 cm³/mol. The second-order valence-electron chi connectivity index (χ2n) is 4.58. The molecule has 1 aromatic heterocycles. The van der Waals surface area contributed by atoms with Crippen LogP contribution in [0.5, 0.6) is 5.88 Å². The summed E-state index contributed by atoms with van der Waals surface area (Å²) in [4.78, 5) is 18.8. The number of aryl methyl sites for hydroxylation is 1. The molecule has 0 atom stereocenters. The lowest BCUT2D eigenvalue weighted by atomic mass is 10.0. The van der Waals surface area contributed by atoms with Gasteiger partial charge in [0.1, 0.15) is 18.0 Å². The van der Waals surface area contributed by atoms with E-state index in [1.807, 2.05) is 32.0 Å². The van der Waals surface area contributed by atoms with Crippen LogP contribution in [-0.4, -0.2) is 21.7 Å². The molecule has 0 aliphatic carbocycles. The molecule has 0 saturated heterocycles. The summed E-state index contributed by atoms with van der Waals surface area (Å²) in [6.45, 7) is 4.65. The standard InChI is InChI=1S/C15H18N2O3/c1-3-8-20-9-12-16-14(18)13(15(19)17-12)11-7-5-4-6-10(11)2/h4-7H,3,8-9H2,1-2H3,(H2,16,17,18,19). The van der Waals surface area contributed by atoms with Gasteiger partial charge in [0.25, 0.3) is 5.56 Å². The number of H-pyrrole nitrogens is 1. The smallest absolute Gasteiger partial charge is 0.262 e. The molecule has 0 saturated carbocycles. The quantitative estimate of drug-likeness (QED) is 0.821. The Morgan fingerprint density at radius 3 is 2.75 bits per heavy atom. The Morgan fingerprint density at radius 1 is 1.35 bits per heavy atom. The van der Waals surface area contributed by atoms with Gasteiger partial charge in [0, 0.05) is 6.61 Å². The van der Waals surface area contributed by atoms with Crippen LogP contribution in [0.25, 0.3) is 11.1 Å². The highest BCUT2D eigenvalue weighted by molar-refractivity contribution is 5.70. The minimum Gasteiger partial charge on any atom is -0.493 e. The predicted octanol–water partition coefficient (Wildman–Crippen LogP) is 2.38. The fourth-order valence-corrected chi connectivity index (χ4v) is 1.98. The van der Waals surface area contributed by atoms with Crippen LogP contribution in [0.3, 0.4) is 0 Å². The van der Waals surface area contributed by atoms with E-state index in [1.165, 1.54) is 0 Å². The molecule has 1 heterocycles. The molecule has 0 fully saturated rings. The van der Waals surface area contributed by atoms with E-state index in [-0.39, 0.29) is 23.6 Å². The van der Waals surface area contributed by atoms with Gasteiger partial charge in [0.05, 0.1) is 0 Å². The van der Waals surface area contributed by atoms with Gasteiger partial charge in [-0.15, -0.1) is 0 Å². The number of rotatable bonds is 5. The Hall–Kier alpha value is -2.14. The number of nitrogens with one attached hydrogen (secondary N) is 1. The van der Waals surface area contributed by atoms with Crippen molar-refractivity contribution < 1.29 is 9.84 Å². The Kier molecular flexibility index (Phi) is 4.53. The largest absolute Gasteiger partial charge is 0.493 e. The molecule has 2 N–H and O–H groups in total. The molecule has 2 rings (SSSR count). The Balaban J connectivity index is 2.37. The van der Waals surface area contributed by atoms with Crippen LogP contribution in [0.4, 0.5) is 0 Å². The lowest BCUT2D eigenvalue weighted by Gasteiger charge is -2.08. The zero-order valence-electron chi connectivity index (χ0n) is 11.6. The molecule has 5 nitrogen and oxygen atoms in total. The summed E-state index contributed by atoms with van der Waals surface area (Å²) in [7, 11) is 0. The monoisotopic (exact) mass is 274 g/mol. The normalized spacial score (nSPS) is 10.7. The molecule has 0 radical (unpaired) electrons. The topological polar surface area (TPSA) is 75.2 Å². The highest BCUT2D eigenvalue weighted by atomic mass is 16.5. The number of hydrogen-bond donors (Lipinski definition) is 2. The maximum atomic E-state index is 12.1. The van der Waals surface area contributed by atoms with E-state index >= 15 is 0 Å². The minimum atomic E-state index is -0.359. The fourth-order valence-electron chi connectivity index (χ4n) is 1.98. The summed E-state index contributed by atoms with van der Waals surface area (Å²) in [6, 6.07) is 7.37. The van der Waals surface area contributed by atoms with Gasteiger partial charge >= 0.3 is 0 Å². The van der Waals surface area contributed by atoms with Crippen molar-refractivity contribution in [3.63, 3.8) is 0 Å². The maximum Gasteiger partial charge on any atom is 0.262 e. The van der Waals surface area contributed by atoms with Gasteiger partial charge in [-0.2, -0.15) is 4.98 Å². The molecule has 0 aliphatic heterocycles. The number of ether oxygens (including phenoxy) is 1. The van der Waals surface area contributed by atoms with Crippen molar-refractivity contribution in [1.82, 2.24) is 9.97 Å². The minimum absolute atomic E-state index is 0.185. The summed E-state index contributed by atoms with van der Waals surface area (Å²) in [5.41, 5.74) is 1.43. The van der Waals surface area contributed by atoms with Crippen molar-refractivity contribution in [2.45, 2.75) is 26.9 Å². The average molecular weight is 274 g/mol.